The van der Waals surface area contributed by atoms with Crippen molar-refractivity contribution in [2.24, 2.45) is 0 Å². The van der Waals surface area contributed by atoms with E-state index in [9.17, 15) is 4.79 Å². The van der Waals surface area contributed by atoms with Crippen LogP contribution in [0.15, 0.2) is 48.9 Å². The molecule has 1 amide bonds. The van der Waals surface area contributed by atoms with Crippen molar-refractivity contribution in [3.63, 3.8) is 0 Å². The van der Waals surface area contributed by atoms with Gasteiger partial charge in [0.05, 0.1) is 31.1 Å². The van der Waals surface area contributed by atoms with E-state index in [1.165, 1.54) is 0 Å². The number of pyridine rings is 1. The molecule has 11 heteroatoms. The normalized spacial score (nSPS) is 17.7. The Kier molecular flexibility index (Phi) is 10.9. The van der Waals surface area contributed by atoms with E-state index >= 15 is 0 Å². The summed E-state index contributed by atoms with van der Waals surface area (Å²) in [4.78, 5) is 23.2. The number of likely N-dealkylation sites (tertiary alicyclic amines) is 1. The van der Waals surface area contributed by atoms with Gasteiger partial charge in [-0.05, 0) is 44.0 Å². The number of hydrogen-bond donors (Lipinski definition) is 1. The van der Waals surface area contributed by atoms with Crippen molar-refractivity contribution in [1.29, 1.82) is 0 Å². The van der Waals surface area contributed by atoms with Crippen LogP contribution in [0, 0.1) is 0 Å². The number of likely N-dealkylation sites (N-methyl/N-ethyl adjacent to an activating group) is 2. The van der Waals surface area contributed by atoms with Crippen molar-refractivity contribution in [3.8, 4) is 11.3 Å². The first-order chi connectivity index (χ1) is 19.8. The number of nitrogens with one attached hydrogen (secondary N) is 1. The topological polar surface area (TPSA) is 105 Å². The molecule has 2 aliphatic rings. The number of aromatic nitrogens is 3. The maximum atomic E-state index is 12.3. The first kappa shape index (κ1) is 30.7. The fraction of sp³-hybridized carbons (Fsp3) is 0.567. The number of ether oxygens (including phenoxy) is 4. The van der Waals surface area contributed by atoms with Crippen LogP contribution in [0.3, 0.4) is 0 Å². The van der Waals surface area contributed by atoms with Crippen LogP contribution in [0.2, 0.25) is 0 Å². The van der Waals surface area contributed by atoms with Gasteiger partial charge in [-0.15, -0.1) is 0 Å². The molecule has 2 aliphatic heterocycles. The Morgan fingerprint density at radius 2 is 1.93 bits per heavy atom. The van der Waals surface area contributed by atoms with Crippen LogP contribution in [0.4, 0.5) is 10.5 Å². The molecular formula is C30H44N6O5. The van der Waals surface area contributed by atoms with Gasteiger partial charge in [0, 0.05) is 95.9 Å². The Morgan fingerprint density at radius 3 is 2.56 bits per heavy atom. The molecule has 2 aromatic rings. The van der Waals surface area contributed by atoms with Crippen molar-refractivity contribution in [1.82, 2.24) is 25.0 Å². The number of nitrogens with zero attached hydrogens (tertiary/aromatic N) is 5. The fourth-order valence-electron chi connectivity index (χ4n) is 5.11. The lowest BCUT2D eigenvalue weighted by Gasteiger charge is -2.43. The number of piperidine rings is 1. The smallest absolute Gasteiger partial charge is 0.410 e. The van der Waals surface area contributed by atoms with E-state index in [2.05, 4.69) is 33.0 Å². The highest BCUT2D eigenvalue weighted by Gasteiger charge is 2.37. The van der Waals surface area contributed by atoms with Gasteiger partial charge in [0.2, 0.25) is 0 Å². The van der Waals surface area contributed by atoms with Gasteiger partial charge in [-0.1, -0.05) is 6.07 Å². The number of carbonyl (C=O) groups is 1. The summed E-state index contributed by atoms with van der Waals surface area (Å²) in [5.41, 5.74) is 3.42. The molecule has 0 aliphatic carbocycles. The summed E-state index contributed by atoms with van der Waals surface area (Å²) < 4.78 is 21.9. The van der Waals surface area contributed by atoms with Crippen LogP contribution in [0.5, 0.6) is 0 Å². The number of H-pyrrole nitrogens is 1. The number of carbonyl (C=O) groups excluding carboxylic acids is 1. The lowest BCUT2D eigenvalue weighted by atomic mass is 9.84. The third kappa shape index (κ3) is 7.94. The van der Waals surface area contributed by atoms with E-state index in [1.54, 1.807) is 32.4 Å². The average molecular weight is 569 g/mol. The third-order valence-corrected chi connectivity index (χ3v) is 8.06. The molecule has 4 rings (SSSR count). The molecule has 4 heterocycles. The number of aromatic amines is 1. The van der Waals surface area contributed by atoms with Crippen molar-refractivity contribution in [3.05, 3.63) is 54.5 Å². The zero-order chi connectivity index (χ0) is 29.2. The molecule has 2 saturated heterocycles. The van der Waals surface area contributed by atoms with Gasteiger partial charge in [0.25, 0.3) is 0 Å². The highest BCUT2D eigenvalue weighted by Crippen LogP contribution is 2.37. The van der Waals surface area contributed by atoms with E-state index in [1.807, 2.05) is 43.7 Å². The fourth-order valence-corrected chi connectivity index (χ4v) is 5.11. The summed E-state index contributed by atoms with van der Waals surface area (Å²) >= 11 is 0. The molecule has 2 fully saturated rings. The molecule has 1 atom stereocenters. The Bertz CT molecular complexity index is 1160. The van der Waals surface area contributed by atoms with Crippen molar-refractivity contribution < 1.29 is 23.7 Å². The predicted molar refractivity (Wildman–Crippen MR) is 157 cm³/mol. The average Bonchev–Trinajstić information content (AvgIpc) is 3.10. The molecule has 0 radical (unpaired) electrons. The number of methoxy groups -OCH3 is 2. The van der Waals surface area contributed by atoms with Crippen LogP contribution in [-0.2, 0) is 24.5 Å². The molecule has 0 unspecified atom stereocenters. The maximum absolute atomic E-state index is 12.3. The summed E-state index contributed by atoms with van der Waals surface area (Å²) in [6.07, 6.45) is 6.81. The molecule has 41 heavy (non-hydrogen) atoms. The largest absolute Gasteiger partial charge is 0.441 e. The Balaban J connectivity index is 1.42. The molecular weight excluding hydrogens is 524 g/mol. The van der Waals surface area contributed by atoms with Crippen LogP contribution in [0.1, 0.15) is 25.3 Å². The second-order valence-electron chi connectivity index (χ2n) is 10.8. The minimum atomic E-state index is -0.343. The highest BCUT2D eigenvalue weighted by molar-refractivity contribution is 5.67. The number of amides is 1. The summed E-state index contributed by atoms with van der Waals surface area (Å²) in [6.45, 7) is 6.91. The number of rotatable bonds is 11. The summed E-state index contributed by atoms with van der Waals surface area (Å²) in [5.74, 6) is 0. The van der Waals surface area contributed by atoms with E-state index in [0.717, 1.165) is 55.0 Å². The second kappa shape index (κ2) is 14.6. The minimum Gasteiger partial charge on any atom is -0.441 e. The predicted octanol–water partition coefficient (Wildman–Crippen LogP) is 3.47. The van der Waals surface area contributed by atoms with Crippen molar-refractivity contribution >= 4 is 11.8 Å². The molecule has 0 bridgehead atoms. The lowest BCUT2D eigenvalue weighted by Crippen LogP contribution is -2.48. The first-order valence-corrected chi connectivity index (χ1v) is 14.2. The monoisotopic (exact) mass is 568 g/mol. The van der Waals surface area contributed by atoms with Gasteiger partial charge in [0.15, 0.2) is 6.10 Å². The van der Waals surface area contributed by atoms with Gasteiger partial charge in [0.1, 0.15) is 0 Å². The van der Waals surface area contributed by atoms with Gasteiger partial charge in [-0.3, -0.25) is 15.0 Å². The highest BCUT2D eigenvalue weighted by atomic mass is 16.6. The lowest BCUT2D eigenvalue weighted by molar-refractivity contribution is -0.103. The second-order valence-corrected chi connectivity index (χ2v) is 10.8. The summed E-state index contributed by atoms with van der Waals surface area (Å²) in [6, 6.07) is 10.5. The van der Waals surface area contributed by atoms with Crippen LogP contribution in [0.25, 0.3) is 11.3 Å². The molecule has 1 N–H and O–H groups in total. The molecule has 0 spiro atoms. The Hall–Kier alpha value is -3.25. The standard InChI is InChI=1S/C30H44N6O5/c1-23(20-38-4)36-14-11-30(39-5,12-15-36)25-7-9-28(31-19-25)24-6-8-26(10-13-32-33-18-24)34(2)16-17-35(3)29(37)41-27-21-40-22-27/h6-10,13,18-19,23,27,33H,11-12,14-17,20-22H2,1-5H3/t23-/m0/s1. The van der Waals surface area contributed by atoms with E-state index in [0.29, 0.717) is 32.3 Å². The minimum absolute atomic E-state index is 0.137. The summed E-state index contributed by atoms with van der Waals surface area (Å²) in [7, 11) is 7.27. The van der Waals surface area contributed by atoms with E-state index in [-0.39, 0.29) is 17.8 Å². The quantitative estimate of drug-likeness (QED) is 0.436. The number of hydrogen-bond acceptors (Lipinski definition) is 9. The third-order valence-electron chi connectivity index (χ3n) is 8.06. The van der Waals surface area contributed by atoms with Gasteiger partial charge in [-0.2, -0.15) is 5.10 Å². The molecule has 0 aromatic carbocycles. The van der Waals surface area contributed by atoms with E-state index < -0.39 is 0 Å². The molecule has 0 saturated carbocycles. The molecule has 224 valence electrons. The zero-order valence-corrected chi connectivity index (χ0v) is 24.9. The SMILES string of the molecule is COC[C@H](C)N1CCC(OC)(c2ccc(-c3ccc(N(C)CCN(C)C(=O)OC4COC4)ccn[nH]c3)nc2)CC1. The maximum Gasteiger partial charge on any atom is 0.410 e. The van der Waals surface area contributed by atoms with Crippen LogP contribution < -0.4 is 4.90 Å². The van der Waals surface area contributed by atoms with Crippen LogP contribution in [-0.4, -0.2) is 118 Å². The van der Waals surface area contributed by atoms with Gasteiger partial charge >= 0.3 is 6.09 Å². The molecule has 11 nitrogen and oxygen atoms in total. The first-order valence-electron chi connectivity index (χ1n) is 14.2. The number of anilines is 1. The zero-order valence-electron chi connectivity index (χ0n) is 24.9. The Morgan fingerprint density at radius 1 is 1.15 bits per heavy atom. The molecule has 2 aromatic heterocycles. The van der Waals surface area contributed by atoms with E-state index in [4.69, 9.17) is 23.9 Å². The summed E-state index contributed by atoms with van der Waals surface area (Å²) in [5, 5.41) is 7.25. The Labute approximate surface area is 243 Å². The van der Waals surface area contributed by atoms with Crippen molar-refractivity contribution in [2.45, 2.75) is 37.5 Å². The van der Waals surface area contributed by atoms with Crippen molar-refractivity contribution in [2.75, 3.05) is 79.2 Å². The van der Waals surface area contributed by atoms with Gasteiger partial charge < -0.3 is 28.7 Å². The van der Waals surface area contributed by atoms with Crippen LogP contribution >= 0.6 is 0 Å². The van der Waals surface area contributed by atoms with Gasteiger partial charge in [-0.25, -0.2) is 4.79 Å².